The van der Waals surface area contributed by atoms with E-state index in [0.29, 0.717) is 5.52 Å². The van der Waals surface area contributed by atoms with Crippen LogP contribution in [-0.4, -0.2) is 17.2 Å². The van der Waals surface area contributed by atoms with Crippen LogP contribution in [0, 0.1) is 0 Å². The van der Waals surface area contributed by atoms with Gasteiger partial charge in [0.15, 0.2) is 0 Å². The van der Waals surface area contributed by atoms with Gasteiger partial charge in [-0.1, -0.05) is 18.2 Å². The Kier molecular flexibility index (Phi) is 2.41. The molecule has 0 bridgehead atoms. The first kappa shape index (κ1) is 9.71. The van der Waals surface area contributed by atoms with Gasteiger partial charge in [-0.05, 0) is 12.1 Å². The molecule has 0 N–H and O–H groups in total. The normalized spacial score (nSPS) is 10.9. The Labute approximate surface area is 84.6 Å². The van der Waals surface area contributed by atoms with E-state index in [0.717, 1.165) is 5.39 Å². The Morgan fingerprint density at radius 1 is 1.27 bits per heavy atom. The molecule has 1 aromatic carbocycles. The molecule has 0 saturated heterocycles. The van der Waals surface area contributed by atoms with Gasteiger partial charge in [-0.2, -0.15) is 0 Å². The summed E-state index contributed by atoms with van der Waals surface area (Å²) in [6.45, 7) is 0. The Balaban J connectivity index is 2.52. The molecule has 2 rings (SSSR count). The first-order valence-electron chi connectivity index (χ1n) is 4.35. The van der Waals surface area contributed by atoms with Crippen LogP contribution in [0.3, 0.4) is 0 Å². The van der Waals surface area contributed by atoms with Crippen molar-refractivity contribution >= 4 is 16.7 Å². The average Bonchev–Trinajstić information content (AvgIpc) is 2.27. The summed E-state index contributed by atoms with van der Waals surface area (Å²) in [4.78, 5) is 15.0. The number of carbonyl (C=O) groups excluding carboxylic acids is 1. The number of alkyl halides is 2. The molecule has 2 nitrogen and oxygen atoms in total. The third-order valence-corrected chi connectivity index (χ3v) is 2.09. The molecule has 0 aliphatic heterocycles. The number of nitrogens with zero attached hydrogens (tertiary/aromatic N) is 1. The maximum Gasteiger partial charge on any atom is 0.300 e. The quantitative estimate of drug-likeness (QED) is 0.708. The third-order valence-electron chi connectivity index (χ3n) is 2.09. The van der Waals surface area contributed by atoms with E-state index >= 15 is 0 Å². The van der Waals surface area contributed by atoms with Gasteiger partial charge in [-0.25, -0.2) is 8.78 Å². The predicted octanol–water partition coefficient (Wildman–Crippen LogP) is 2.68. The third kappa shape index (κ3) is 1.83. The molecular formula is C11H7F2NO. The van der Waals surface area contributed by atoms with E-state index in [4.69, 9.17) is 0 Å². The van der Waals surface area contributed by atoms with Gasteiger partial charge in [0.1, 0.15) is 0 Å². The van der Waals surface area contributed by atoms with Crippen LogP contribution >= 0.6 is 0 Å². The summed E-state index contributed by atoms with van der Waals surface area (Å²) in [5.74, 6) is -1.16. The van der Waals surface area contributed by atoms with E-state index in [2.05, 4.69) is 4.98 Å². The smallest absolute Gasteiger partial charge is 0.288 e. The second kappa shape index (κ2) is 3.73. The second-order valence-electron chi connectivity index (χ2n) is 3.08. The first-order chi connectivity index (χ1) is 7.18. The van der Waals surface area contributed by atoms with Crippen LogP contribution in [0.5, 0.6) is 0 Å². The number of carbonyl (C=O) groups is 1. The number of ketones is 1. The van der Waals surface area contributed by atoms with Crippen LogP contribution in [-0.2, 0) is 0 Å². The molecule has 4 heteroatoms. The van der Waals surface area contributed by atoms with E-state index in [9.17, 15) is 13.6 Å². The predicted molar refractivity (Wildman–Crippen MR) is 52.1 cm³/mol. The van der Waals surface area contributed by atoms with E-state index in [1.165, 1.54) is 12.1 Å². The molecule has 2 aromatic rings. The summed E-state index contributed by atoms with van der Waals surface area (Å²) in [6.07, 6.45) is -1.41. The van der Waals surface area contributed by atoms with Gasteiger partial charge in [0, 0.05) is 17.1 Å². The average molecular weight is 207 g/mol. The summed E-state index contributed by atoms with van der Waals surface area (Å²) in [5.41, 5.74) is 0.542. The van der Waals surface area contributed by atoms with E-state index in [1.807, 2.05) is 0 Å². The van der Waals surface area contributed by atoms with Gasteiger partial charge in [-0.3, -0.25) is 9.78 Å². The number of hydrogen-bond donors (Lipinski definition) is 0. The van der Waals surface area contributed by atoms with Crippen molar-refractivity contribution < 1.29 is 13.6 Å². The van der Waals surface area contributed by atoms with Crippen molar-refractivity contribution in [3.8, 4) is 0 Å². The number of rotatable bonds is 2. The van der Waals surface area contributed by atoms with Crippen molar-refractivity contribution in [1.29, 1.82) is 0 Å². The molecule has 0 spiro atoms. The van der Waals surface area contributed by atoms with Crippen molar-refractivity contribution in [1.82, 2.24) is 4.98 Å². The van der Waals surface area contributed by atoms with E-state index in [1.54, 1.807) is 24.4 Å². The number of aromatic nitrogens is 1. The standard InChI is InChI=1S/C11H7F2NO/c12-11(13)10(15)8-4-3-7-2-1-5-14-9(7)6-8/h1-6,11H. The Morgan fingerprint density at radius 2 is 2.07 bits per heavy atom. The highest BCUT2D eigenvalue weighted by Crippen LogP contribution is 2.15. The van der Waals surface area contributed by atoms with Crippen LogP contribution in [0.1, 0.15) is 10.4 Å². The van der Waals surface area contributed by atoms with Crippen LogP contribution in [0.2, 0.25) is 0 Å². The lowest BCUT2D eigenvalue weighted by Crippen LogP contribution is -2.09. The molecule has 1 heterocycles. The number of fused-ring (bicyclic) bond motifs is 1. The zero-order valence-corrected chi connectivity index (χ0v) is 7.65. The Hall–Kier alpha value is -1.84. The molecule has 1 aromatic heterocycles. The van der Waals surface area contributed by atoms with Crippen LogP contribution in [0.25, 0.3) is 10.9 Å². The lowest BCUT2D eigenvalue weighted by Gasteiger charge is -2.01. The summed E-state index contributed by atoms with van der Waals surface area (Å²) in [6, 6.07) is 7.93. The SMILES string of the molecule is O=C(c1ccc2cccnc2c1)C(F)F. The Bertz CT molecular complexity index is 511. The number of halogens is 2. The molecule has 0 amide bonds. The van der Waals surface area contributed by atoms with Crippen molar-refractivity contribution in [3.63, 3.8) is 0 Å². The highest BCUT2D eigenvalue weighted by molar-refractivity contribution is 6.01. The van der Waals surface area contributed by atoms with Gasteiger partial charge in [-0.15, -0.1) is 0 Å². The molecular weight excluding hydrogens is 200 g/mol. The minimum atomic E-state index is -2.97. The van der Waals surface area contributed by atoms with Gasteiger partial charge < -0.3 is 0 Å². The molecule has 76 valence electrons. The molecule has 0 radical (unpaired) electrons. The molecule has 15 heavy (non-hydrogen) atoms. The summed E-state index contributed by atoms with van der Waals surface area (Å²) in [5, 5.41) is 0.823. The molecule has 0 unspecified atom stereocenters. The number of Topliss-reactive ketones (excluding diaryl/α,β-unsaturated/α-hetero) is 1. The zero-order chi connectivity index (χ0) is 10.8. The number of hydrogen-bond acceptors (Lipinski definition) is 2. The van der Waals surface area contributed by atoms with Gasteiger partial charge in [0.25, 0.3) is 0 Å². The maximum absolute atomic E-state index is 12.1. The summed E-state index contributed by atoms with van der Waals surface area (Å²) < 4.78 is 24.3. The molecule has 0 atom stereocenters. The van der Waals surface area contributed by atoms with Crippen molar-refractivity contribution in [3.05, 3.63) is 42.1 Å². The fraction of sp³-hybridized carbons (Fsp3) is 0.0909. The number of pyridine rings is 1. The van der Waals surface area contributed by atoms with Gasteiger partial charge in [0.05, 0.1) is 5.52 Å². The fourth-order valence-corrected chi connectivity index (χ4v) is 1.35. The van der Waals surface area contributed by atoms with Crippen molar-refractivity contribution in [2.45, 2.75) is 6.43 Å². The fourth-order valence-electron chi connectivity index (χ4n) is 1.35. The van der Waals surface area contributed by atoms with Gasteiger partial charge in [0.2, 0.25) is 5.78 Å². The highest BCUT2D eigenvalue weighted by atomic mass is 19.3. The Morgan fingerprint density at radius 3 is 2.80 bits per heavy atom. The maximum atomic E-state index is 12.1. The first-order valence-corrected chi connectivity index (χ1v) is 4.35. The largest absolute Gasteiger partial charge is 0.300 e. The molecule has 0 aliphatic carbocycles. The topological polar surface area (TPSA) is 30.0 Å². The molecule has 0 aliphatic rings. The van der Waals surface area contributed by atoms with Crippen LogP contribution in [0.4, 0.5) is 8.78 Å². The number of benzene rings is 1. The second-order valence-corrected chi connectivity index (χ2v) is 3.08. The zero-order valence-electron chi connectivity index (χ0n) is 7.65. The lowest BCUT2D eigenvalue weighted by atomic mass is 10.1. The minimum absolute atomic E-state index is 0.00352. The van der Waals surface area contributed by atoms with E-state index < -0.39 is 12.2 Å². The minimum Gasteiger partial charge on any atom is -0.288 e. The molecule has 0 saturated carbocycles. The summed E-state index contributed by atoms with van der Waals surface area (Å²) in [7, 11) is 0. The van der Waals surface area contributed by atoms with Crippen LogP contribution < -0.4 is 0 Å². The molecule has 0 fully saturated rings. The van der Waals surface area contributed by atoms with Gasteiger partial charge >= 0.3 is 6.43 Å². The van der Waals surface area contributed by atoms with Crippen molar-refractivity contribution in [2.24, 2.45) is 0 Å². The summed E-state index contributed by atoms with van der Waals surface area (Å²) >= 11 is 0. The van der Waals surface area contributed by atoms with Crippen molar-refractivity contribution in [2.75, 3.05) is 0 Å². The van der Waals surface area contributed by atoms with Crippen LogP contribution in [0.15, 0.2) is 36.5 Å². The van der Waals surface area contributed by atoms with E-state index in [-0.39, 0.29) is 5.56 Å². The highest BCUT2D eigenvalue weighted by Gasteiger charge is 2.17. The monoisotopic (exact) mass is 207 g/mol. The lowest BCUT2D eigenvalue weighted by molar-refractivity contribution is 0.0679.